The summed E-state index contributed by atoms with van der Waals surface area (Å²) < 4.78 is 13.5. The van der Waals surface area contributed by atoms with E-state index in [0.29, 0.717) is 19.4 Å². The Morgan fingerprint density at radius 3 is 2.71 bits per heavy atom. The van der Waals surface area contributed by atoms with Gasteiger partial charge in [-0.15, -0.1) is 0 Å². The summed E-state index contributed by atoms with van der Waals surface area (Å²) in [6.07, 6.45) is 1.25. The average Bonchev–Trinajstić information content (AvgIpc) is 2.56. The van der Waals surface area contributed by atoms with Crippen LogP contribution in [0.1, 0.15) is 19.8 Å². The van der Waals surface area contributed by atoms with E-state index in [0.717, 1.165) is 0 Å². The molecule has 1 aliphatic heterocycles. The molecule has 1 aromatic rings. The Kier molecular flexibility index (Phi) is 5.86. The number of urea groups is 1. The maximum Gasteiger partial charge on any atom is 0.326 e. The molecule has 8 heteroatoms. The second-order valence-electron chi connectivity index (χ2n) is 5.77. The standard InChI is InChI=1S/C16H20FN3O4/c1-10(20-8-4-5-11(9-20)15(22)23)14(21)19-16(24)18-13-7-3-2-6-12(13)17/h2-3,6-7,10-11H,4-5,8-9H2,1H3,(H,22,23)(H2,18,19,21,24). The number of aliphatic carboxylic acids is 1. The summed E-state index contributed by atoms with van der Waals surface area (Å²) >= 11 is 0. The molecule has 3 amide bonds. The number of imide groups is 1. The van der Waals surface area contributed by atoms with Gasteiger partial charge in [-0.25, -0.2) is 9.18 Å². The Morgan fingerprint density at radius 1 is 1.33 bits per heavy atom. The van der Waals surface area contributed by atoms with Crippen LogP contribution in [0.5, 0.6) is 0 Å². The van der Waals surface area contributed by atoms with Gasteiger partial charge in [0.1, 0.15) is 5.82 Å². The molecule has 1 aliphatic rings. The van der Waals surface area contributed by atoms with Gasteiger partial charge in [-0.3, -0.25) is 19.8 Å². The van der Waals surface area contributed by atoms with Crippen LogP contribution in [0.3, 0.4) is 0 Å². The summed E-state index contributed by atoms with van der Waals surface area (Å²) in [5, 5.41) is 13.5. The second kappa shape index (κ2) is 7.87. The van der Waals surface area contributed by atoms with Gasteiger partial charge in [-0.05, 0) is 38.4 Å². The van der Waals surface area contributed by atoms with Crippen LogP contribution in [0.15, 0.2) is 24.3 Å². The smallest absolute Gasteiger partial charge is 0.326 e. The van der Waals surface area contributed by atoms with Crippen molar-refractivity contribution in [2.24, 2.45) is 5.92 Å². The quantitative estimate of drug-likeness (QED) is 0.776. The molecule has 2 rings (SSSR count). The molecule has 1 aromatic carbocycles. The highest BCUT2D eigenvalue weighted by Crippen LogP contribution is 2.19. The van der Waals surface area contributed by atoms with Crippen molar-refractivity contribution in [1.82, 2.24) is 10.2 Å². The molecule has 0 bridgehead atoms. The lowest BCUT2D eigenvalue weighted by Crippen LogP contribution is -2.51. The first-order chi connectivity index (χ1) is 11.4. The molecule has 2 atom stereocenters. The number of amides is 3. The fraction of sp³-hybridized carbons (Fsp3) is 0.438. The van der Waals surface area contributed by atoms with Gasteiger partial charge < -0.3 is 10.4 Å². The van der Waals surface area contributed by atoms with Crippen molar-refractivity contribution in [3.63, 3.8) is 0 Å². The number of hydrogen-bond donors (Lipinski definition) is 3. The Hall–Kier alpha value is -2.48. The van der Waals surface area contributed by atoms with Gasteiger partial charge in [-0.1, -0.05) is 12.1 Å². The van der Waals surface area contributed by atoms with Gasteiger partial charge in [0.05, 0.1) is 17.6 Å². The fourth-order valence-corrected chi connectivity index (χ4v) is 2.66. The molecule has 0 aromatic heterocycles. The SMILES string of the molecule is CC(C(=O)NC(=O)Nc1ccccc1F)N1CCCC(C(=O)O)C1. The number of rotatable bonds is 4. The number of halogens is 1. The van der Waals surface area contributed by atoms with Crippen molar-refractivity contribution in [3.8, 4) is 0 Å². The number of hydrogen-bond acceptors (Lipinski definition) is 4. The van der Waals surface area contributed by atoms with E-state index in [4.69, 9.17) is 5.11 Å². The summed E-state index contributed by atoms with van der Waals surface area (Å²) in [6.45, 7) is 2.46. The van der Waals surface area contributed by atoms with E-state index in [1.165, 1.54) is 18.2 Å². The van der Waals surface area contributed by atoms with Crippen LogP contribution in [0, 0.1) is 11.7 Å². The molecule has 24 heavy (non-hydrogen) atoms. The van der Waals surface area contributed by atoms with Gasteiger partial charge >= 0.3 is 12.0 Å². The van der Waals surface area contributed by atoms with Crippen LogP contribution in [-0.2, 0) is 9.59 Å². The molecule has 1 heterocycles. The van der Waals surface area contributed by atoms with Gasteiger partial charge in [0, 0.05) is 6.54 Å². The van der Waals surface area contributed by atoms with Gasteiger partial charge in [-0.2, -0.15) is 0 Å². The van der Waals surface area contributed by atoms with Crippen LogP contribution in [0.25, 0.3) is 0 Å². The predicted octanol–water partition coefficient (Wildman–Crippen LogP) is 1.66. The van der Waals surface area contributed by atoms with Crippen molar-refractivity contribution in [2.75, 3.05) is 18.4 Å². The number of benzene rings is 1. The monoisotopic (exact) mass is 337 g/mol. The topological polar surface area (TPSA) is 98.7 Å². The molecular formula is C16H20FN3O4. The second-order valence-corrected chi connectivity index (χ2v) is 5.77. The lowest BCUT2D eigenvalue weighted by Gasteiger charge is -2.34. The number of nitrogens with zero attached hydrogens (tertiary/aromatic N) is 1. The van der Waals surface area contributed by atoms with E-state index in [1.807, 2.05) is 0 Å². The van der Waals surface area contributed by atoms with E-state index in [9.17, 15) is 18.8 Å². The van der Waals surface area contributed by atoms with Crippen molar-refractivity contribution in [1.29, 1.82) is 0 Å². The third kappa shape index (κ3) is 4.51. The average molecular weight is 337 g/mol. The molecule has 130 valence electrons. The molecule has 2 unspecified atom stereocenters. The summed E-state index contributed by atoms with van der Waals surface area (Å²) in [5.41, 5.74) is -0.0284. The van der Waals surface area contributed by atoms with E-state index in [-0.39, 0.29) is 12.2 Å². The molecule has 1 fully saturated rings. The summed E-state index contributed by atoms with van der Waals surface area (Å²) in [4.78, 5) is 36.8. The number of para-hydroxylation sites is 1. The van der Waals surface area contributed by atoms with E-state index in [2.05, 4.69) is 10.6 Å². The van der Waals surface area contributed by atoms with Crippen LogP contribution >= 0.6 is 0 Å². The largest absolute Gasteiger partial charge is 0.481 e. The lowest BCUT2D eigenvalue weighted by atomic mass is 9.97. The number of anilines is 1. The molecule has 0 spiro atoms. The first-order valence-corrected chi connectivity index (χ1v) is 7.71. The Bertz CT molecular complexity index is 638. The zero-order chi connectivity index (χ0) is 17.7. The number of carbonyl (C=O) groups is 3. The maximum absolute atomic E-state index is 13.5. The molecule has 0 radical (unpaired) electrons. The normalized spacial score (nSPS) is 19.3. The number of carbonyl (C=O) groups excluding carboxylic acids is 2. The van der Waals surface area contributed by atoms with Gasteiger partial charge in [0.15, 0.2) is 0 Å². The fourth-order valence-electron chi connectivity index (χ4n) is 2.66. The number of nitrogens with one attached hydrogen (secondary N) is 2. The third-order valence-electron chi connectivity index (χ3n) is 4.09. The zero-order valence-corrected chi connectivity index (χ0v) is 13.3. The third-order valence-corrected chi connectivity index (χ3v) is 4.09. The highest BCUT2D eigenvalue weighted by molar-refractivity contribution is 6.02. The van der Waals surface area contributed by atoms with Crippen molar-refractivity contribution >= 4 is 23.6 Å². The Morgan fingerprint density at radius 2 is 2.04 bits per heavy atom. The highest BCUT2D eigenvalue weighted by atomic mass is 19.1. The lowest BCUT2D eigenvalue weighted by molar-refractivity contribution is -0.144. The number of carboxylic acid groups (broad SMARTS) is 1. The minimum atomic E-state index is -0.885. The molecule has 3 N–H and O–H groups in total. The summed E-state index contributed by atoms with van der Waals surface area (Å²) in [5.74, 6) is -2.56. The van der Waals surface area contributed by atoms with Crippen LogP contribution < -0.4 is 10.6 Å². The van der Waals surface area contributed by atoms with E-state index >= 15 is 0 Å². The maximum atomic E-state index is 13.5. The number of likely N-dealkylation sites (tertiary alicyclic amines) is 1. The first kappa shape index (κ1) is 17.9. The molecule has 0 saturated carbocycles. The van der Waals surface area contributed by atoms with Crippen molar-refractivity contribution in [3.05, 3.63) is 30.1 Å². The molecule has 1 saturated heterocycles. The van der Waals surface area contributed by atoms with E-state index in [1.54, 1.807) is 17.9 Å². The summed E-state index contributed by atoms with van der Waals surface area (Å²) in [7, 11) is 0. The molecule has 0 aliphatic carbocycles. The molecular weight excluding hydrogens is 317 g/mol. The van der Waals surface area contributed by atoms with Crippen LogP contribution in [-0.4, -0.2) is 47.0 Å². The molecule has 7 nitrogen and oxygen atoms in total. The minimum Gasteiger partial charge on any atom is -0.481 e. The van der Waals surface area contributed by atoms with Gasteiger partial charge in [0.25, 0.3) is 0 Å². The number of piperidine rings is 1. The van der Waals surface area contributed by atoms with Crippen LogP contribution in [0.4, 0.5) is 14.9 Å². The van der Waals surface area contributed by atoms with Crippen molar-refractivity contribution < 1.29 is 23.9 Å². The zero-order valence-electron chi connectivity index (χ0n) is 13.3. The van der Waals surface area contributed by atoms with Gasteiger partial charge in [0.2, 0.25) is 5.91 Å². The minimum absolute atomic E-state index is 0.0284. The Balaban J connectivity index is 1.90. The highest BCUT2D eigenvalue weighted by Gasteiger charge is 2.31. The summed E-state index contributed by atoms with van der Waals surface area (Å²) in [6, 6.07) is 4.14. The van der Waals surface area contributed by atoms with Crippen LogP contribution in [0.2, 0.25) is 0 Å². The predicted molar refractivity (Wildman–Crippen MR) is 85.0 cm³/mol. The first-order valence-electron chi connectivity index (χ1n) is 7.71. The van der Waals surface area contributed by atoms with Crippen molar-refractivity contribution in [2.45, 2.75) is 25.8 Å². The Labute approximate surface area is 138 Å². The number of carboxylic acids is 1. The van der Waals surface area contributed by atoms with E-state index < -0.39 is 35.7 Å².